The first kappa shape index (κ1) is 26.7. The zero-order chi connectivity index (χ0) is 32.1. The highest BCUT2D eigenvalue weighted by molar-refractivity contribution is 7.17. The predicted octanol–water partition coefficient (Wildman–Crippen LogP) is 11.2. The molecule has 0 amide bonds. The van der Waals surface area contributed by atoms with Crippen molar-refractivity contribution in [2.24, 2.45) is 0 Å². The summed E-state index contributed by atoms with van der Waals surface area (Å²) in [6, 6.07) is 51.4. The van der Waals surface area contributed by atoms with Gasteiger partial charge in [-0.15, -0.1) is 11.3 Å². The van der Waals surface area contributed by atoms with Gasteiger partial charge < -0.3 is 0 Å². The van der Waals surface area contributed by atoms with Crippen LogP contribution in [0.2, 0.25) is 0 Å². The zero-order valence-electron chi connectivity index (χ0n) is 26.1. The molecule has 0 spiro atoms. The fourth-order valence-corrected chi connectivity index (χ4v) is 8.56. The number of benzene rings is 6. The Morgan fingerprint density at radius 1 is 0.408 bits per heavy atom. The van der Waals surface area contributed by atoms with E-state index in [4.69, 9.17) is 15.0 Å². The van der Waals surface area contributed by atoms with Gasteiger partial charge in [-0.1, -0.05) is 103 Å². The number of rotatable bonds is 4. The fourth-order valence-electron chi connectivity index (χ4n) is 7.63. The lowest BCUT2D eigenvalue weighted by Crippen LogP contribution is -2.06. The first-order valence-electron chi connectivity index (χ1n) is 16.4. The molecule has 0 N–H and O–H groups in total. The molecule has 6 aromatic carbocycles. The number of para-hydroxylation sites is 2. The number of nitrogens with zero attached hydrogens (tertiary/aromatic N) is 5. The second-order valence-corrected chi connectivity index (χ2v) is 13.4. The monoisotopic (exact) mass is 643 g/mol. The molecule has 228 valence electrons. The minimum Gasteiger partial charge on any atom is -0.300 e. The molecule has 0 fully saturated rings. The number of fused-ring (bicyclic) bond motifs is 9. The van der Waals surface area contributed by atoms with Gasteiger partial charge in [0.25, 0.3) is 0 Å². The minimum absolute atomic E-state index is 0.596. The van der Waals surface area contributed by atoms with Gasteiger partial charge in [0.15, 0.2) is 11.6 Å². The molecule has 6 heteroatoms. The largest absolute Gasteiger partial charge is 0.300 e. The Morgan fingerprint density at radius 2 is 0.980 bits per heavy atom. The van der Waals surface area contributed by atoms with Crippen molar-refractivity contribution in [1.82, 2.24) is 23.9 Å². The van der Waals surface area contributed by atoms with Gasteiger partial charge in [0.05, 0.1) is 22.1 Å². The molecule has 0 aliphatic rings. The summed E-state index contributed by atoms with van der Waals surface area (Å²) < 4.78 is 4.63. The van der Waals surface area contributed by atoms with E-state index in [9.17, 15) is 0 Å². The van der Waals surface area contributed by atoms with Crippen LogP contribution in [0.25, 0.3) is 99.1 Å². The van der Waals surface area contributed by atoms with E-state index in [-0.39, 0.29) is 0 Å². The molecular formula is C43H25N5S. The molecular weight excluding hydrogens is 619 g/mol. The number of hydrogen-bond donors (Lipinski definition) is 0. The van der Waals surface area contributed by atoms with Gasteiger partial charge in [0.2, 0.25) is 5.95 Å². The molecule has 0 aliphatic heterocycles. The summed E-state index contributed by atoms with van der Waals surface area (Å²) >= 11 is 1.81. The van der Waals surface area contributed by atoms with Crippen LogP contribution in [-0.4, -0.2) is 23.9 Å². The second kappa shape index (κ2) is 10.1. The molecule has 0 atom stereocenters. The zero-order valence-corrected chi connectivity index (χ0v) is 26.9. The van der Waals surface area contributed by atoms with Crippen LogP contribution in [0.3, 0.4) is 0 Å². The third-order valence-electron chi connectivity index (χ3n) is 9.80. The van der Waals surface area contributed by atoms with Crippen molar-refractivity contribution in [3.05, 3.63) is 151 Å². The molecule has 0 unspecified atom stereocenters. The topological polar surface area (TPSA) is 48.0 Å². The number of aromatic nitrogens is 5. The quantitative estimate of drug-likeness (QED) is 0.192. The third-order valence-corrected chi connectivity index (χ3v) is 10.7. The standard InChI is InChI=1S/C43H25N5S/c1-3-11-26(12-4-1)40-44-41(27-13-5-2-6-14-27)46-43(45-40)47-36-17-9-7-15-30(36)33-23-28(19-20-38(33)47)29-24-34-31-16-8-10-18-37(31)48-39(34)35(25-29)32-21-22-49-42(32)48/h1-25H. The Hall–Kier alpha value is -6.37. The average molecular weight is 644 g/mol. The van der Waals surface area contributed by atoms with Gasteiger partial charge in [-0.2, -0.15) is 9.97 Å². The van der Waals surface area contributed by atoms with Crippen LogP contribution in [0.15, 0.2) is 151 Å². The maximum absolute atomic E-state index is 5.09. The Kier molecular flexibility index (Phi) is 5.48. The van der Waals surface area contributed by atoms with Crippen molar-refractivity contribution in [2.45, 2.75) is 0 Å². The summed E-state index contributed by atoms with van der Waals surface area (Å²) in [5.41, 5.74) is 8.96. The predicted molar refractivity (Wildman–Crippen MR) is 203 cm³/mol. The molecule has 11 aromatic rings. The van der Waals surface area contributed by atoms with Gasteiger partial charge >= 0.3 is 0 Å². The van der Waals surface area contributed by atoms with Crippen LogP contribution >= 0.6 is 11.3 Å². The van der Waals surface area contributed by atoms with E-state index >= 15 is 0 Å². The molecule has 0 saturated carbocycles. The molecule has 11 rings (SSSR count). The molecule has 0 bridgehead atoms. The summed E-state index contributed by atoms with van der Waals surface area (Å²) in [5.74, 6) is 1.88. The van der Waals surface area contributed by atoms with Crippen molar-refractivity contribution in [3.8, 4) is 39.9 Å². The lowest BCUT2D eigenvalue weighted by Gasteiger charge is -2.11. The summed E-state index contributed by atoms with van der Waals surface area (Å²) in [4.78, 5) is 16.4. The van der Waals surface area contributed by atoms with Gasteiger partial charge in [-0.25, -0.2) is 4.98 Å². The van der Waals surface area contributed by atoms with Crippen LogP contribution in [0, 0.1) is 0 Å². The van der Waals surface area contributed by atoms with Crippen LogP contribution < -0.4 is 0 Å². The maximum Gasteiger partial charge on any atom is 0.238 e. The van der Waals surface area contributed by atoms with Gasteiger partial charge in [-0.3, -0.25) is 8.97 Å². The lowest BCUT2D eigenvalue weighted by atomic mass is 9.98. The first-order chi connectivity index (χ1) is 24.3. The highest BCUT2D eigenvalue weighted by Crippen LogP contribution is 2.44. The fraction of sp³-hybridized carbons (Fsp3) is 0. The summed E-state index contributed by atoms with van der Waals surface area (Å²) in [6.07, 6.45) is 0. The third kappa shape index (κ3) is 3.83. The highest BCUT2D eigenvalue weighted by Gasteiger charge is 2.21. The van der Waals surface area contributed by atoms with Crippen molar-refractivity contribution in [3.63, 3.8) is 0 Å². The van der Waals surface area contributed by atoms with Crippen LogP contribution in [-0.2, 0) is 0 Å². The van der Waals surface area contributed by atoms with Crippen molar-refractivity contribution in [2.75, 3.05) is 0 Å². The second-order valence-electron chi connectivity index (χ2n) is 12.5. The molecule has 0 saturated heterocycles. The van der Waals surface area contributed by atoms with Crippen LogP contribution in [0.4, 0.5) is 0 Å². The SMILES string of the molecule is c1ccc(-c2nc(-c3ccccc3)nc(-n3c4ccccc4c4cc(-c5cc6c7ccccc7n7c8sccc8c(c5)c67)ccc43)n2)cc1. The Bertz CT molecular complexity index is 2990. The molecule has 49 heavy (non-hydrogen) atoms. The van der Waals surface area contributed by atoms with Gasteiger partial charge in [-0.05, 0) is 59.0 Å². The van der Waals surface area contributed by atoms with Gasteiger partial charge in [0.1, 0.15) is 4.83 Å². The molecule has 5 nitrogen and oxygen atoms in total. The maximum atomic E-state index is 5.09. The van der Waals surface area contributed by atoms with E-state index in [0.29, 0.717) is 17.6 Å². The Balaban J connectivity index is 1.16. The lowest BCUT2D eigenvalue weighted by molar-refractivity contribution is 0.953. The number of thiophene rings is 1. The summed E-state index contributed by atoms with van der Waals surface area (Å²) in [6.45, 7) is 0. The number of hydrogen-bond acceptors (Lipinski definition) is 4. The van der Waals surface area contributed by atoms with E-state index in [0.717, 1.165) is 32.9 Å². The summed E-state index contributed by atoms with van der Waals surface area (Å²) in [5, 5.41) is 9.71. The van der Waals surface area contributed by atoms with E-state index in [1.807, 2.05) is 72.0 Å². The molecule has 5 aromatic heterocycles. The van der Waals surface area contributed by atoms with E-state index in [2.05, 4.69) is 99.3 Å². The smallest absolute Gasteiger partial charge is 0.238 e. The van der Waals surface area contributed by atoms with Crippen molar-refractivity contribution >= 4 is 70.6 Å². The van der Waals surface area contributed by atoms with Crippen LogP contribution in [0.5, 0.6) is 0 Å². The molecule has 0 radical (unpaired) electrons. The Morgan fingerprint density at radius 3 is 1.69 bits per heavy atom. The van der Waals surface area contributed by atoms with E-state index < -0.39 is 0 Å². The van der Waals surface area contributed by atoms with E-state index in [1.165, 1.54) is 48.5 Å². The summed E-state index contributed by atoms with van der Waals surface area (Å²) in [7, 11) is 0. The Labute approximate surface area is 284 Å². The molecule has 0 aliphatic carbocycles. The normalized spacial score (nSPS) is 12.1. The minimum atomic E-state index is 0.596. The van der Waals surface area contributed by atoms with Gasteiger partial charge in [0, 0.05) is 43.4 Å². The first-order valence-corrected chi connectivity index (χ1v) is 17.2. The van der Waals surface area contributed by atoms with E-state index in [1.54, 1.807) is 0 Å². The average Bonchev–Trinajstić information content (AvgIpc) is 3.93. The highest BCUT2D eigenvalue weighted by atomic mass is 32.1. The van der Waals surface area contributed by atoms with Crippen LogP contribution in [0.1, 0.15) is 0 Å². The van der Waals surface area contributed by atoms with Crippen molar-refractivity contribution in [1.29, 1.82) is 0 Å². The molecule has 5 heterocycles. The van der Waals surface area contributed by atoms with Crippen molar-refractivity contribution < 1.29 is 0 Å².